The predicted molar refractivity (Wildman–Crippen MR) is 116 cm³/mol. The average Bonchev–Trinajstić information content (AvgIpc) is 2.79. The number of alkyl halides is 9. The van der Waals surface area contributed by atoms with E-state index < -0.39 is 47.8 Å². The van der Waals surface area contributed by atoms with Crippen LogP contribution >= 0.6 is 0 Å². The van der Waals surface area contributed by atoms with Crippen LogP contribution in [-0.4, -0.2) is 25.7 Å². The van der Waals surface area contributed by atoms with Gasteiger partial charge in [0.15, 0.2) is 0 Å². The average molecular weight is 542 g/mol. The Balaban J connectivity index is 1.93. The number of benzene rings is 2. The number of rotatable bonds is 8. The molecule has 0 fully saturated rings. The number of hydrogen-bond acceptors (Lipinski definition) is 4. The molecule has 0 saturated carbocycles. The summed E-state index contributed by atoms with van der Waals surface area (Å²) in [7, 11) is 0. The molecular weight excluding hydrogens is 519 g/mol. The fraction of sp³-hybridized carbons (Fsp3) is 0.458. The summed E-state index contributed by atoms with van der Waals surface area (Å²) in [6.45, 7) is 2.08. The highest BCUT2D eigenvalue weighted by molar-refractivity contribution is 5.59. The molecule has 1 heterocycles. The molecule has 4 nitrogen and oxygen atoms in total. The quantitative estimate of drug-likeness (QED) is 0.228. The molecule has 1 N–H and O–H groups in total. The zero-order valence-corrected chi connectivity index (χ0v) is 19.4. The van der Waals surface area contributed by atoms with Gasteiger partial charge in [0.1, 0.15) is 0 Å². The highest BCUT2D eigenvalue weighted by Gasteiger charge is 2.38. The highest BCUT2D eigenvalue weighted by atomic mass is 19.4. The van der Waals surface area contributed by atoms with E-state index in [0.717, 1.165) is 12.1 Å². The molecule has 0 spiro atoms. The molecule has 0 radical (unpaired) electrons. The molecule has 0 aromatic heterocycles. The van der Waals surface area contributed by atoms with E-state index >= 15 is 0 Å². The number of nitrogens with one attached hydrogen (secondary N) is 1. The first-order valence-electron chi connectivity index (χ1n) is 11.2. The minimum atomic E-state index is -5.02. The molecule has 0 bridgehead atoms. The molecular formula is C24H23F9N2O2. The standard InChI is InChI=1S/C24H23F9N2O2/c1-14-7-20(34-12-15-8-17(23(28,29)30)10-18(9-15)24(31,32)33)19-11-16(22(25,26)27)3-4-21(19)35(14)5-2-6-37-13-36/h3-4,8-11,13-14,20,34H,2,5-7,12H2,1H3. The maximum absolute atomic E-state index is 13.4. The van der Waals surface area contributed by atoms with Gasteiger partial charge in [0.05, 0.1) is 23.3 Å². The first-order valence-corrected chi connectivity index (χ1v) is 11.2. The van der Waals surface area contributed by atoms with E-state index in [9.17, 15) is 44.3 Å². The van der Waals surface area contributed by atoms with Crippen LogP contribution in [0.2, 0.25) is 0 Å². The summed E-state index contributed by atoms with van der Waals surface area (Å²) >= 11 is 0. The molecule has 0 saturated heterocycles. The summed E-state index contributed by atoms with van der Waals surface area (Å²) in [6, 6.07) is 3.29. The van der Waals surface area contributed by atoms with E-state index in [1.54, 1.807) is 6.92 Å². The van der Waals surface area contributed by atoms with Gasteiger partial charge in [0.25, 0.3) is 6.47 Å². The lowest BCUT2D eigenvalue weighted by molar-refractivity contribution is -0.143. The fourth-order valence-corrected chi connectivity index (χ4v) is 4.37. The Morgan fingerprint density at radius 2 is 1.51 bits per heavy atom. The second-order valence-corrected chi connectivity index (χ2v) is 8.72. The van der Waals surface area contributed by atoms with E-state index in [2.05, 4.69) is 10.1 Å². The Bertz CT molecular complexity index is 1060. The van der Waals surface area contributed by atoms with Crippen LogP contribution in [0, 0.1) is 0 Å². The molecule has 2 atom stereocenters. The molecule has 2 aromatic rings. The van der Waals surface area contributed by atoms with Gasteiger partial charge in [-0.3, -0.25) is 4.79 Å². The third-order valence-corrected chi connectivity index (χ3v) is 6.08. The molecule has 0 amide bonds. The zero-order valence-electron chi connectivity index (χ0n) is 19.4. The smallest absolute Gasteiger partial charge is 0.416 e. The van der Waals surface area contributed by atoms with Crippen LogP contribution in [0.25, 0.3) is 0 Å². The Morgan fingerprint density at radius 1 is 0.919 bits per heavy atom. The van der Waals surface area contributed by atoms with E-state index in [-0.39, 0.29) is 42.7 Å². The van der Waals surface area contributed by atoms with Gasteiger partial charge in [-0.25, -0.2) is 0 Å². The summed E-state index contributed by atoms with van der Waals surface area (Å²) in [5, 5.41) is 2.86. The normalized spacial score (nSPS) is 18.5. The van der Waals surface area contributed by atoms with Crippen molar-refractivity contribution < 1.29 is 49.0 Å². The molecule has 2 aromatic carbocycles. The van der Waals surface area contributed by atoms with Gasteiger partial charge in [-0.05, 0) is 67.3 Å². The van der Waals surface area contributed by atoms with Crippen molar-refractivity contribution in [1.82, 2.24) is 5.32 Å². The number of ether oxygens (including phenoxy) is 1. The van der Waals surface area contributed by atoms with Crippen molar-refractivity contribution in [2.75, 3.05) is 18.1 Å². The first-order chi connectivity index (χ1) is 17.1. The van der Waals surface area contributed by atoms with Crippen molar-refractivity contribution in [2.45, 2.75) is 56.9 Å². The van der Waals surface area contributed by atoms with Crippen LogP contribution in [0.4, 0.5) is 45.2 Å². The van der Waals surface area contributed by atoms with Crippen LogP contribution in [0.15, 0.2) is 36.4 Å². The van der Waals surface area contributed by atoms with Crippen molar-refractivity contribution in [1.29, 1.82) is 0 Å². The monoisotopic (exact) mass is 542 g/mol. The van der Waals surface area contributed by atoms with E-state index in [4.69, 9.17) is 0 Å². The van der Waals surface area contributed by atoms with Crippen molar-refractivity contribution >= 4 is 12.2 Å². The SMILES string of the molecule is CC1CC(NCc2cc(C(F)(F)F)cc(C(F)(F)F)c2)c2cc(C(F)(F)F)ccc2N1CCCOC=O. The number of fused-ring (bicyclic) bond motifs is 1. The maximum atomic E-state index is 13.4. The molecule has 1 aliphatic rings. The van der Waals surface area contributed by atoms with Gasteiger partial charge >= 0.3 is 18.5 Å². The predicted octanol–water partition coefficient (Wildman–Crippen LogP) is 6.74. The van der Waals surface area contributed by atoms with Crippen LogP contribution in [0.5, 0.6) is 0 Å². The zero-order chi connectivity index (χ0) is 27.6. The molecule has 1 aliphatic heterocycles. The van der Waals surface area contributed by atoms with Crippen molar-refractivity contribution in [3.63, 3.8) is 0 Å². The van der Waals surface area contributed by atoms with E-state index in [0.29, 0.717) is 30.8 Å². The van der Waals surface area contributed by atoms with Crippen molar-refractivity contribution in [2.24, 2.45) is 0 Å². The third kappa shape index (κ3) is 7.08. The van der Waals surface area contributed by atoms with E-state index in [1.807, 2.05) is 4.90 Å². The minimum Gasteiger partial charge on any atom is -0.468 e. The first kappa shape index (κ1) is 28.6. The molecule has 13 heteroatoms. The van der Waals surface area contributed by atoms with Gasteiger partial charge in [-0.2, -0.15) is 39.5 Å². The Hall–Kier alpha value is -2.96. The summed E-state index contributed by atoms with van der Waals surface area (Å²) in [4.78, 5) is 12.2. The van der Waals surface area contributed by atoms with Crippen LogP contribution < -0.4 is 10.2 Å². The van der Waals surface area contributed by atoms with Gasteiger partial charge < -0.3 is 15.0 Å². The lowest BCUT2D eigenvalue weighted by Crippen LogP contribution is -2.43. The van der Waals surface area contributed by atoms with Gasteiger partial charge in [-0.1, -0.05) is 0 Å². The van der Waals surface area contributed by atoms with Crippen molar-refractivity contribution in [3.05, 3.63) is 64.2 Å². The lowest BCUT2D eigenvalue weighted by Gasteiger charge is -2.41. The molecule has 37 heavy (non-hydrogen) atoms. The van der Waals surface area contributed by atoms with Gasteiger partial charge in [-0.15, -0.1) is 0 Å². The summed E-state index contributed by atoms with van der Waals surface area (Å²) < 4.78 is 124. The highest BCUT2D eigenvalue weighted by Crippen LogP contribution is 2.41. The second kappa shape index (κ2) is 10.8. The van der Waals surface area contributed by atoms with Crippen LogP contribution in [-0.2, 0) is 34.6 Å². The molecule has 2 unspecified atom stereocenters. The van der Waals surface area contributed by atoms with Crippen LogP contribution in [0.1, 0.15) is 53.6 Å². The number of carbonyl (C=O) groups excluding carboxylic acids is 1. The minimum absolute atomic E-state index is 0.0172. The number of carbonyl (C=O) groups is 1. The third-order valence-electron chi connectivity index (χ3n) is 6.08. The number of nitrogens with zero attached hydrogens (tertiary/aromatic N) is 1. The van der Waals surface area contributed by atoms with E-state index in [1.165, 1.54) is 6.07 Å². The van der Waals surface area contributed by atoms with Crippen molar-refractivity contribution in [3.8, 4) is 0 Å². The number of hydrogen-bond donors (Lipinski definition) is 1. The Morgan fingerprint density at radius 3 is 2.05 bits per heavy atom. The number of halogens is 9. The molecule has 0 aliphatic carbocycles. The summed E-state index contributed by atoms with van der Waals surface area (Å²) in [6.07, 6.45) is -14.1. The van der Waals surface area contributed by atoms with Gasteiger partial charge in [0, 0.05) is 30.9 Å². The van der Waals surface area contributed by atoms with Gasteiger partial charge in [0.2, 0.25) is 0 Å². The second-order valence-electron chi connectivity index (χ2n) is 8.72. The lowest BCUT2D eigenvalue weighted by atomic mass is 9.89. The van der Waals surface area contributed by atoms with Crippen LogP contribution in [0.3, 0.4) is 0 Å². The molecule has 204 valence electrons. The summed E-state index contributed by atoms with van der Waals surface area (Å²) in [5.41, 5.74) is -3.53. The largest absolute Gasteiger partial charge is 0.468 e. The maximum Gasteiger partial charge on any atom is 0.416 e. The fourth-order valence-electron chi connectivity index (χ4n) is 4.37. The number of anilines is 1. The summed E-state index contributed by atoms with van der Waals surface area (Å²) in [5.74, 6) is 0. The Labute approximate surface area is 206 Å². The molecule has 3 rings (SSSR count). The topological polar surface area (TPSA) is 41.6 Å². The Kier molecular flexibility index (Phi) is 8.35.